The highest BCUT2D eigenvalue weighted by molar-refractivity contribution is 6.34. The Morgan fingerprint density at radius 1 is 0.929 bits per heavy atom. The minimum absolute atomic E-state index is 0.0741. The Balaban J connectivity index is 1.47. The van der Waals surface area contributed by atoms with E-state index in [-0.39, 0.29) is 28.5 Å². The number of benzene rings is 3. The van der Waals surface area contributed by atoms with E-state index in [2.05, 4.69) is 20.8 Å². The molecule has 9 nitrogen and oxygen atoms in total. The first-order valence-corrected chi connectivity index (χ1v) is 14.0. The molecule has 1 aromatic heterocycles. The first kappa shape index (κ1) is 30.8. The fraction of sp³-hybridized carbons (Fsp3) is 0.226. The normalized spacial score (nSPS) is 12.4. The van der Waals surface area contributed by atoms with E-state index in [0.29, 0.717) is 11.4 Å². The number of aromatic nitrogens is 2. The zero-order chi connectivity index (χ0) is 30.2. The van der Waals surface area contributed by atoms with Crippen LogP contribution in [0.5, 0.6) is 0 Å². The number of nitrogens with one attached hydrogen (secondary N) is 3. The molecule has 0 saturated heterocycles. The summed E-state index contributed by atoms with van der Waals surface area (Å²) in [5.41, 5.74) is 3.13. The number of aromatic amines is 1. The molecule has 0 aliphatic rings. The molecule has 2 unspecified atom stereocenters. The molecule has 0 aliphatic heterocycles. The fourth-order valence-electron chi connectivity index (χ4n) is 4.25. The van der Waals surface area contributed by atoms with Crippen molar-refractivity contribution in [3.63, 3.8) is 0 Å². The van der Waals surface area contributed by atoms with E-state index in [1.165, 1.54) is 6.07 Å². The minimum Gasteiger partial charge on any atom is -0.461 e. The zero-order valence-electron chi connectivity index (χ0n) is 22.9. The minimum atomic E-state index is -1.45. The lowest BCUT2D eigenvalue weighted by atomic mass is 9.97. The molecular formula is C31H30Cl2N4O5. The summed E-state index contributed by atoms with van der Waals surface area (Å²) in [5.74, 6) is -1.67. The Bertz CT molecular complexity index is 1550. The molecule has 0 fully saturated rings. The number of aliphatic hydroxyl groups is 1. The maximum Gasteiger partial charge on any atom is 0.335 e. The molecule has 42 heavy (non-hydrogen) atoms. The highest BCUT2D eigenvalue weighted by Crippen LogP contribution is 2.24. The molecule has 1 heterocycles. The van der Waals surface area contributed by atoms with Crippen LogP contribution in [-0.4, -0.2) is 51.3 Å². The lowest BCUT2D eigenvalue weighted by Gasteiger charge is -2.22. The van der Waals surface area contributed by atoms with Crippen molar-refractivity contribution in [2.45, 2.75) is 44.9 Å². The number of carbonyl (C=O) groups excluding carboxylic acids is 3. The predicted molar refractivity (Wildman–Crippen MR) is 162 cm³/mol. The van der Waals surface area contributed by atoms with Crippen molar-refractivity contribution >= 4 is 46.8 Å². The van der Waals surface area contributed by atoms with Crippen molar-refractivity contribution in [2.24, 2.45) is 0 Å². The van der Waals surface area contributed by atoms with Crippen LogP contribution >= 0.6 is 23.2 Å². The van der Waals surface area contributed by atoms with Crippen molar-refractivity contribution in [3.8, 4) is 11.1 Å². The second kappa shape index (κ2) is 14.1. The molecule has 11 heteroatoms. The van der Waals surface area contributed by atoms with Gasteiger partial charge >= 0.3 is 5.97 Å². The van der Waals surface area contributed by atoms with Crippen molar-refractivity contribution in [1.29, 1.82) is 0 Å². The molecule has 2 amide bonds. The highest BCUT2D eigenvalue weighted by atomic mass is 35.5. The third kappa shape index (κ3) is 8.42. The van der Waals surface area contributed by atoms with Gasteiger partial charge in [-0.25, -0.2) is 4.79 Å². The number of H-pyrrole nitrogens is 1. The summed E-state index contributed by atoms with van der Waals surface area (Å²) < 4.78 is 5.13. The maximum absolute atomic E-state index is 13.1. The van der Waals surface area contributed by atoms with Gasteiger partial charge in [-0.15, -0.1) is 0 Å². The Kier molecular flexibility index (Phi) is 10.4. The Morgan fingerprint density at radius 2 is 1.67 bits per heavy atom. The van der Waals surface area contributed by atoms with Crippen LogP contribution in [0, 0.1) is 0 Å². The third-order valence-electron chi connectivity index (χ3n) is 6.24. The number of halogens is 2. The zero-order valence-corrected chi connectivity index (χ0v) is 24.4. The third-order valence-corrected chi connectivity index (χ3v) is 6.81. The summed E-state index contributed by atoms with van der Waals surface area (Å²) in [7, 11) is 0. The van der Waals surface area contributed by atoms with E-state index in [0.717, 1.165) is 16.7 Å². The van der Waals surface area contributed by atoms with E-state index in [4.69, 9.17) is 27.9 Å². The molecule has 0 saturated carbocycles. The lowest BCUT2D eigenvalue weighted by Crippen LogP contribution is -2.41. The molecule has 4 aromatic rings. The van der Waals surface area contributed by atoms with Gasteiger partial charge in [-0.3, -0.25) is 14.7 Å². The van der Waals surface area contributed by atoms with E-state index >= 15 is 0 Å². The van der Waals surface area contributed by atoms with Gasteiger partial charge in [0.15, 0.2) is 11.9 Å². The molecule has 3 aromatic carbocycles. The number of hydrogen-bond acceptors (Lipinski definition) is 6. The van der Waals surface area contributed by atoms with Gasteiger partial charge in [0.2, 0.25) is 0 Å². The fourth-order valence-corrected chi connectivity index (χ4v) is 4.66. The maximum atomic E-state index is 13.1. The molecule has 0 radical (unpaired) electrons. The van der Waals surface area contributed by atoms with Crippen LogP contribution in [0.25, 0.3) is 11.1 Å². The first-order valence-electron chi connectivity index (χ1n) is 13.2. The van der Waals surface area contributed by atoms with Gasteiger partial charge < -0.3 is 20.5 Å². The van der Waals surface area contributed by atoms with Crippen molar-refractivity contribution in [1.82, 2.24) is 15.5 Å². The average Bonchev–Trinajstić information content (AvgIpc) is 3.42. The predicted octanol–water partition coefficient (Wildman–Crippen LogP) is 5.68. The van der Waals surface area contributed by atoms with E-state index in [1.54, 1.807) is 44.2 Å². The lowest BCUT2D eigenvalue weighted by molar-refractivity contribution is -0.158. The van der Waals surface area contributed by atoms with E-state index in [9.17, 15) is 19.5 Å². The van der Waals surface area contributed by atoms with E-state index in [1.807, 2.05) is 42.5 Å². The van der Waals surface area contributed by atoms with Crippen LogP contribution in [0.3, 0.4) is 0 Å². The van der Waals surface area contributed by atoms with Crippen LogP contribution in [0.4, 0.5) is 5.82 Å². The van der Waals surface area contributed by atoms with Crippen LogP contribution in [0.2, 0.25) is 10.0 Å². The number of aliphatic hydroxyl groups excluding tert-OH is 1. The second-order valence-electron chi connectivity index (χ2n) is 9.92. The van der Waals surface area contributed by atoms with Crippen LogP contribution in [0.15, 0.2) is 78.9 Å². The summed E-state index contributed by atoms with van der Waals surface area (Å²) in [6.07, 6.45) is -1.62. The monoisotopic (exact) mass is 608 g/mol. The van der Waals surface area contributed by atoms with Gasteiger partial charge in [0.25, 0.3) is 11.8 Å². The Morgan fingerprint density at radius 3 is 2.36 bits per heavy atom. The molecule has 0 spiro atoms. The molecule has 218 valence electrons. The standard InChI is InChI=1S/C31H30Cl2N4O5/c1-18(2)42-31(41)27(38)16-23(14-19-10-12-20(13-11-19)21-6-5-7-22(32)15-21)34-30(40)26-17-28(37-36-26)35-29(39)24-8-3-4-9-25(24)33/h3-13,15,17-18,23,27,38H,14,16H2,1-2H3,(H,34,40)(H2,35,36,37,39). The number of hydrogen-bond donors (Lipinski definition) is 4. The molecule has 0 bridgehead atoms. The highest BCUT2D eigenvalue weighted by Gasteiger charge is 2.25. The first-order chi connectivity index (χ1) is 20.1. The van der Waals surface area contributed by atoms with Crippen LogP contribution < -0.4 is 10.6 Å². The van der Waals surface area contributed by atoms with Gasteiger partial charge in [-0.1, -0.05) is 71.7 Å². The summed E-state index contributed by atoms with van der Waals surface area (Å²) in [5, 5.41) is 23.5. The van der Waals surface area contributed by atoms with Crippen molar-refractivity contribution < 1.29 is 24.2 Å². The quantitative estimate of drug-likeness (QED) is 0.162. The number of nitrogens with zero attached hydrogens (tertiary/aromatic N) is 1. The summed E-state index contributed by atoms with van der Waals surface area (Å²) in [6.45, 7) is 3.37. The van der Waals surface area contributed by atoms with Gasteiger partial charge in [-0.05, 0) is 61.2 Å². The van der Waals surface area contributed by atoms with Gasteiger partial charge in [-0.2, -0.15) is 5.10 Å². The van der Waals surface area contributed by atoms with Crippen molar-refractivity contribution in [2.75, 3.05) is 5.32 Å². The Labute approximate surface area is 253 Å². The number of anilines is 1. The largest absolute Gasteiger partial charge is 0.461 e. The van der Waals surface area contributed by atoms with Crippen molar-refractivity contribution in [3.05, 3.63) is 106 Å². The molecule has 2 atom stereocenters. The van der Waals surface area contributed by atoms with Gasteiger partial charge in [0.05, 0.1) is 16.7 Å². The van der Waals surface area contributed by atoms with E-state index < -0.39 is 36.0 Å². The molecule has 0 aliphatic carbocycles. The SMILES string of the molecule is CC(C)OC(=O)C(O)CC(Cc1ccc(-c2cccc(Cl)c2)cc1)NC(=O)c1cc(NC(=O)c2ccccc2Cl)n[nH]1. The number of esters is 1. The number of rotatable bonds is 11. The Hall–Kier alpha value is -4.18. The molecule has 4 N–H and O–H groups in total. The van der Waals surface area contributed by atoms with Crippen LogP contribution in [0.1, 0.15) is 46.7 Å². The second-order valence-corrected chi connectivity index (χ2v) is 10.8. The summed E-state index contributed by atoms with van der Waals surface area (Å²) in [6, 6.07) is 22.5. The number of amides is 2. The number of ether oxygens (including phenoxy) is 1. The summed E-state index contributed by atoms with van der Waals surface area (Å²) in [4.78, 5) is 38.0. The van der Waals surface area contributed by atoms with Gasteiger partial charge in [0, 0.05) is 23.6 Å². The smallest absolute Gasteiger partial charge is 0.335 e. The van der Waals surface area contributed by atoms with Gasteiger partial charge in [0.1, 0.15) is 5.69 Å². The average molecular weight is 610 g/mol. The van der Waals surface area contributed by atoms with Crippen LogP contribution in [-0.2, 0) is 16.0 Å². The molecular weight excluding hydrogens is 579 g/mol. The molecule has 4 rings (SSSR count). The number of carbonyl (C=O) groups is 3. The topological polar surface area (TPSA) is 133 Å². The summed E-state index contributed by atoms with van der Waals surface area (Å²) >= 11 is 12.2.